The molecule has 4 nitrogen and oxygen atoms in total. The van der Waals surface area contributed by atoms with Crippen molar-refractivity contribution in [1.29, 1.82) is 0 Å². The molecule has 5 rings (SSSR count). The molecule has 1 aliphatic heterocycles. The van der Waals surface area contributed by atoms with Crippen LogP contribution in [0.1, 0.15) is 54.4 Å². The minimum absolute atomic E-state index is 0.155. The van der Waals surface area contributed by atoms with E-state index in [0.717, 1.165) is 39.1 Å². The quantitative estimate of drug-likeness (QED) is 0.293. The van der Waals surface area contributed by atoms with Crippen LogP contribution in [-0.4, -0.2) is 10.1 Å². The molecule has 0 spiro atoms. The Morgan fingerprint density at radius 3 is 2.50 bits per heavy atom. The van der Waals surface area contributed by atoms with Crippen molar-refractivity contribution in [1.82, 2.24) is 10.3 Å². The van der Waals surface area contributed by atoms with Gasteiger partial charge in [-0.2, -0.15) is 0 Å². The number of hydrogen-bond donors (Lipinski definition) is 1. The van der Waals surface area contributed by atoms with Gasteiger partial charge in [0.15, 0.2) is 5.11 Å². The van der Waals surface area contributed by atoms with Gasteiger partial charge in [0.25, 0.3) is 0 Å². The standard InChI is InChI=1S/C28H26ClN3OS/c1-17(2)19-10-12-20(13-11-19)32-27(26(31-28(32)34)23-9-4-5-16-30-23)25-15-14-24(33-25)21-7-6-8-22(29)18(21)3/h4-17,26-27H,1-3H3,(H,31,34)/t26-,27+/m1/s1. The van der Waals surface area contributed by atoms with Crippen molar-refractivity contribution in [3.63, 3.8) is 0 Å². The Kier molecular flexibility index (Phi) is 6.15. The minimum atomic E-state index is -0.194. The van der Waals surface area contributed by atoms with E-state index < -0.39 is 0 Å². The van der Waals surface area contributed by atoms with Gasteiger partial charge >= 0.3 is 0 Å². The molecule has 1 N–H and O–H groups in total. The third-order valence-corrected chi connectivity index (χ3v) is 7.11. The number of anilines is 1. The van der Waals surface area contributed by atoms with Crippen molar-refractivity contribution in [3.05, 3.63) is 107 Å². The van der Waals surface area contributed by atoms with Crippen LogP contribution in [0.5, 0.6) is 0 Å². The first-order valence-electron chi connectivity index (χ1n) is 11.4. The topological polar surface area (TPSA) is 41.3 Å². The van der Waals surface area contributed by atoms with Crippen LogP contribution in [-0.2, 0) is 0 Å². The normalized spacial score (nSPS) is 17.9. The number of hydrogen-bond acceptors (Lipinski definition) is 3. The second-order valence-electron chi connectivity index (χ2n) is 8.86. The van der Waals surface area contributed by atoms with Crippen LogP contribution in [0.25, 0.3) is 11.3 Å². The molecular formula is C28H26ClN3OS. The largest absolute Gasteiger partial charge is 0.459 e. The third-order valence-electron chi connectivity index (χ3n) is 6.39. The molecule has 2 aromatic carbocycles. The second-order valence-corrected chi connectivity index (χ2v) is 9.65. The smallest absolute Gasteiger partial charge is 0.174 e. The van der Waals surface area contributed by atoms with Crippen LogP contribution in [0.4, 0.5) is 5.69 Å². The summed E-state index contributed by atoms with van der Waals surface area (Å²) in [5.41, 5.74) is 5.19. The van der Waals surface area contributed by atoms with Gasteiger partial charge < -0.3 is 14.6 Å². The van der Waals surface area contributed by atoms with Gasteiger partial charge in [0, 0.05) is 22.5 Å². The number of thiocarbonyl (C=S) groups is 1. The van der Waals surface area contributed by atoms with Gasteiger partial charge in [-0.3, -0.25) is 4.98 Å². The lowest BCUT2D eigenvalue weighted by molar-refractivity contribution is 0.439. The Bertz CT molecular complexity index is 1320. The molecule has 0 radical (unpaired) electrons. The van der Waals surface area contributed by atoms with Gasteiger partial charge in [-0.25, -0.2) is 0 Å². The lowest BCUT2D eigenvalue weighted by atomic mass is 10.0. The lowest BCUT2D eigenvalue weighted by Gasteiger charge is -2.26. The summed E-state index contributed by atoms with van der Waals surface area (Å²) >= 11 is 12.2. The summed E-state index contributed by atoms with van der Waals surface area (Å²) in [7, 11) is 0. The molecule has 1 saturated heterocycles. The molecule has 0 bridgehead atoms. The first kappa shape index (κ1) is 22.6. The number of benzene rings is 2. The highest BCUT2D eigenvalue weighted by Gasteiger charge is 2.42. The molecule has 1 fully saturated rings. The Balaban J connectivity index is 1.59. The summed E-state index contributed by atoms with van der Waals surface area (Å²) in [4.78, 5) is 6.75. The maximum atomic E-state index is 6.48. The number of halogens is 1. The second kappa shape index (κ2) is 9.24. The summed E-state index contributed by atoms with van der Waals surface area (Å²) in [6.07, 6.45) is 1.81. The van der Waals surface area contributed by atoms with E-state index in [0.29, 0.717) is 11.0 Å². The van der Waals surface area contributed by atoms with Gasteiger partial charge in [0.05, 0.1) is 11.7 Å². The highest BCUT2D eigenvalue weighted by molar-refractivity contribution is 7.80. The summed E-state index contributed by atoms with van der Waals surface area (Å²) < 4.78 is 6.48. The Morgan fingerprint density at radius 1 is 1.00 bits per heavy atom. The fourth-order valence-corrected chi connectivity index (χ4v) is 4.99. The molecule has 0 saturated carbocycles. The molecule has 2 atom stereocenters. The van der Waals surface area contributed by atoms with E-state index in [2.05, 4.69) is 53.3 Å². The Hall–Kier alpha value is -3.15. The monoisotopic (exact) mass is 487 g/mol. The van der Waals surface area contributed by atoms with Gasteiger partial charge in [0.2, 0.25) is 0 Å². The zero-order valence-corrected chi connectivity index (χ0v) is 20.9. The molecular weight excluding hydrogens is 462 g/mol. The summed E-state index contributed by atoms with van der Waals surface area (Å²) in [6.45, 7) is 6.39. The number of rotatable bonds is 5. The van der Waals surface area contributed by atoms with Crippen LogP contribution in [0.2, 0.25) is 5.02 Å². The molecule has 3 heterocycles. The molecule has 34 heavy (non-hydrogen) atoms. The predicted octanol–water partition coefficient (Wildman–Crippen LogP) is 7.60. The van der Waals surface area contributed by atoms with E-state index in [9.17, 15) is 0 Å². The number of nitrogens with one attached hydrogen (secondary N) is 1. The molecule has 1 aliphatic rings. The lowest BCUT2D eigenvalue weighted by Crippen LogP contribution is -2.29. The van der Waals surface area contributed by atoms with Crippen LogP contribution in [0, 0.1) is 6.92 Å². The van der Waals surface area contributed by atoms with Gasteiger partial charge in [0.1, 0.15) is 17.6 Å². The molecule has 6 heteroatoms. The van der Waals surface area contributed by atoms with Crippen molar-refractivity contribution in [2.45, 2.75) is 38.8 Å². The molecule has 4 aromatic rings. The van der Waals surface area contributed by atoms with Crippen LogP contribution in [0.3, 0.4) is 0 Å². The first-order valence-corrected chi connectivity index (χ1v) is 12.2. The first-order chi connectivity index (χ1) is 16.4. The van der Waals surface area contributed by atoms with Gasteiger partial charge in [-0.1, -0.05) is 55.8 Å². The van der Waals surface area contributed by atoms with Crippen molar-refractivity contribution >= 4 is 34.6 Å². The van der Waals surface area contributed by atoms with Crippen molar-refractivity contribution in [2.75, 3.05) is 4.90 Å². The van der Waals surface area contributed by atoms with E-state index in [1.807, 2.05) is 55.5 Å². The van der Waals surface area contributed by atoms with E-state index >= 15 is 0 Å². The number of pyridine rings is 1. The number of furan rings is 1. The maximum absolute atomic E-state index is 6.48. The average molecular weight is 488 g/mol. The SMILES string of the molecule is Cc1c(Cl)cccc1-c1ccc([C@H]2[C@@H](c3ccccn3)NC(=S)N2c2ccc(C(C)C)cc2)o1. The molecule has 0 unspecified atom stereocenters. The van der Waals surface area contributed by atoms with Crippen molar-refractivity contribution in [2.24, 2.45) is 0 Å². The summed E-state index contributed by atoms with van der Waals surface area (Å²) in [6, 6.07) is 24.1. The van der Waals surface area contributed by atoms with Crippen LogP contribution < -0.4 is 10.2 Å². The highest BCUT2D eigenvalue weighted by atomic mass is 35.5. The fourth-order valence-electron chi connectivity index (χ4n) is 4.47. The van der Waals surface area contributed by atoms with Crippen LogP contribution >= 0.6 is 23.8 Å². The van der Waals surface area contributed by atoms with Crippen molar-refractivity contribution < 1.29 is 4.42 Å². The van der Waals surface area contributed by atoms with Crippen LogP contribution in [0.15, 0.2) is 83.4 Å². The highest BCUT2D eigenvalue weighted by Crippen LogP contribution is 2.43. The van der Waals surface area contributed by atoms with Crippen molar-refractivity contribution in [3.8, 4) is 11.3 Å². The van der Waals surface area contributed by atoms with E-state index in [4.69, 9.17) is 28.2 Å². The van der Waals surface area contributed by atoms with Gasteiger partial charge in [-0.15, -0.1) is 0 Å². The van der Waals surface area contributed by atoms with E-state index in [1.54, 1.807) is 6.20 Å². The molecule has 0 aliphatic carbocycles. The zero-order valence-electron chi connectivity index (χ0n) is 19.3. The predicted molar refractivity (Wildman–Crippen MR) is 142 cm³/mol. The van der Waals surface area contributed by atoms with E-state index in [-0.39, 0.29) is 12.1 Å². The minimum Gasteiger partial charge on any atom is -0.459 e. The summed E-state index contributed by atoms with van der Waals surface area (Å²) in [5.74, 6) is 2.05. The summed E-state index contributed by atoms with van der Waals surface area (Å²) in [5, 5.41) is 4.86. The van der Waals surface area contributed by atoms with Gasteiger partial charge in [-0.05, 0) is 78.7 Å². The molecule has 2 aromatic heterocycles. The number of aromatic nitrogens is 1. The molecule has 172 valence electrons. The Morgan fingerprint density at radius 2 is 1.79 bits per heavy atom. The Labute approximate surface area is 210 Å². The number of nitrogens with zero attached hydrogens (tertiary/aromatic N) is 2. The van der Waals surface area contributed by atoms with E-state index in [1.165, 1.54) is 5.56 Å². The average Bonchev–Trinajstić information content (AvgIpc) is 3.46. The third kappa shape index (κ3) is 4.10. The fraction of sp³-hybridized carbons (Fsp3) is 0.214. The maximum Gasteiger partial charge on any atom is 0.174 e. The molecule has 0 amide bonds. The zero-order chi connectivity index (χ0) is 23.8.